The lowest BCUT2D eigenvalue weighted by Gasteiger charge is -2.13. The van der Waals surface area contributed by atoms with E-state index < -0.39 is 0 Å². The Hall–Kier alpha value is -7.64. The van der Waals surface area contributed by atoms with Crippen LogP contribution in [-0.2, 0) is 0 Å². The smallest absolute Gasteiger partial charge is 0.162 e. The summed E-state index contributed by atoms with van der Waals surface area (Å²) < 4.78 is 25.4. The van der Waals surface area contributed by atoms with Gasteiger partial charge in [0.25, 0.3) is 0 Å². The van der Waals surface area contributed by atoms with Crippen LogP contribution in [0, 0.1) is 47.4 Å². The summed E-state index contributed by atoms with van der Waals surface area (Å²) in [6.45, 7) is 11.9. The molecule has 7 rings (SSSR count). The minimum atomic E-state index is 0.685. The molecule has 90 heavy (non-hydrogen) atoms. The highest BCUT2D eigenvalue weighted by Crippen LogP contribution is 2.31. The third-order valence-electron chi connectivity index (χ3n) is 16.6. The second kappa shape index (κ2) is 43.1. The largest absolute Gasteiger partial charge is 0.490 e. The molecule has 5 aromatic carbocycles. The number of fused-ring (bicyclic) bond motifs is 3. The van der Waals surface area contributed by atoms with Crippen molar-refractivity contribution in [3.05, 3.63) is 166 Å². The van der Waals surface area contributed by atoms with Crippen molar-refractivity contribution in [2.24, 2.45) is 0 Å². The van der Waals surface area contributed by atoms with Gasteiger partial charge >= 0.3 is 0 Å². The van der Waals surface area contributed by atoms with Crippen molar-refractivity contribution in [3.8, 4) is 70.4 Å². The number of rotatable bonds is 40. The molecular formula is C84H104N2O4. The van der Waals surface area contributed by atoms with Crippen molar-refractivity contribution in [2.45, 2.75) is 233 Å². The molecule has 0 atom stereocenters. The first-order valence-corrected chi connectivity index (χ1v) is 35.3. The average Bonchev–Trinajstić information content (AvgIpc) is 1.25. The van der Waals surface area contributed by atoms with E-state index in [4.69, 9.17) is 28.9 Å². The van der Waals surface area contributed by atoms with Crippen LogP contribution in [0.3, 0.4) is 0 Å². The first-order valence-electron chi connectivity index (χ1n) is 35.3. The molecule has 474 valence electrons. The molecule has 0 unspecified atom stereocenters. The fraction of sp³-hybridized carbons (Fsp3) is 0.476. The molecule has 0 saturated heterocycles. The van der Waals surface area contributed by atoms with Gasteiger partial charge in [-0.15, -0.1) is 0 Å². The summed E-state index contributed by atoms with van der Waals surface area (Å²) >= 11 is 0. The number of hydrogen-bond acceptors (Lipinski definition) is 6. The number of unbranched alkanes of at least 4 members (excludes halogenated alkanes) is 28. The summed E-state index contributed by atoms with van der Waals surface area (Å²) in [5.74, 6) is 30.0. The van der Waals surface area contributed by atoms with Gasteiger partial charge < -0.3 is 18.9 Å². The van der Waals surface area contributed by atoms with Gasteiger partial charge in [-0.1, -0.05) is 267 Å². The lowest BCUT2D eigenvalue weighted by atomic mass is 10.1. The number of ether oxygens (including phenoxy) is 4. The monoisotopic (exact) mass is 1200 g/mol. The van der Waals surface area contributed by atoms with Crippen molar-refractivity contribution >= 4 is 21.8 Å². The van der Waals surface area contributed by atoms with Crippen LogP contribution in [-0.4, -0.2) is 36.4 Å². The van der Waals surface area contributed by atoms with Crippen LogP contribution in [0.5, 0.6) is 23.0 Å². The maximum absolute atomic E-state index is 6.38. The highest BCUT2D eigenvalue weighted by molar-refractivity contribution is 6.03. The SMILES string of the molecule is CCCCCCCCCCOc1ccc(C#Cc2ccc(C#Cc3cnc4c(ccc5cc(C#Cc6ccc(C#Cc7ccc(OCCCCCCCCCC)c(OCCCCCCCCCC)c7)cc6)cnc54)c3)cc2)cc1OCCCCCCCCCC. The summed E-state index contributed by atoms with van der Waals surface area (Å²) in [7, 11) is 0. The lowest BCUT2D eigenvalue weighted by molar-refractivity contribution is 0.258. The average molecular weight is 1210 g/mol. The zero-order chi connectivity index (χ0) is 62.7. The van der Waals surface area contributed by atoms with E-state index in [2.05, 4.69) is 99.3 Å². The van der Waals surface area contributed by atoms with E-state index in [0.29, 0.717) is 26.4 Å². The molecule has 6 heteroatoms. The number of hydrogen-bond donors (Lipinski definition) is 0. The van der Waals surface area contributed by atoms with Crippen LogP contribution >= 0.6 is 0 Å². The molecule has 0 saturated carbocycles. The zero-order valence-electron chi connectivity index (χ0n) is 55.5. The topological polar surface area (TPSA) is 62.7 Å². The minimum Gasteiger partial charge on any atom is -0.490 e. The van der Waals surface area contributed by atoms with Crippen molar-refractivity contribution in [1.82, 2.24) is 9.97 Å². The van der Waals surface area contributed by atoms with Crippen LogP contribution < -0.4 is 18.9 Å². The quantitative estimate of drug-likeness (QED) is 0.0217. The lowest BCUT2D eigenvalue weighted by Crippen LogP contribution is -2.03. The van der Waals surface area contributed by atoms with E-state index in [1.807, 2.05) is 97.3 Å². The molecule has 0 radical (unpaired) electrons. The van der Waals surface area contributed by atoms with Crippen molar-refractivity contribution in [1.29, 1.82) is 0 Å². The molecule has 0 fully saturated rings. The molecule has 0 amide bonds. The third kappa shape index (κ3) is 26.8. The van der Waals surface area contributed by atoms with Gasteiger partial charge in [0.2, 0.25) is 0 Å². The summed E-state index contributed by atoms with van der Waals surface area (Å²) in [5, 5.41) is 1.97. The molecule has 0 bridgehead atoms. The molecule has 0 N–H and O–H groups in total. The fourth-order valence-electron chi connectivity index (χ4n) is 11.1. The molecule has 2 heterocycles. The molecule has 0 aliphatic carbocycles. The molecule has 0 aliphatic rings. The van der Waals surface area contributed by atoms with Gasteiger partial charge in [-0.25, -0.2) is 0 Å². The Bertz CT molecular complexity index is 3210. The van der Waals surface area contributed by atoms with E-state index in [-0.39, 0.29) is 0 Å². The highest BCUT2D eigenvalue weighted by Gasteiger charge is 2.11. The normalized spacial score (nSPS) is 10.8. The first-order chi connectivity index (χ1) is 44.5. The van der Waals surface area contributed by atoms with Gasteiger partial charge in [-0.05, 0) is 123 Å². The van der Waals surface area contributed by atoms with E-state index in [0.717, 1.165) is 115 Å². The summed E-state index contributed by atoms with van der Waals surface area (Å²) in [6.07, 6.45) is 44.3. The fourth-order valence-corrected chi connectivity index (χ4v) is 11.1. The Morgan fingerprint density at radius 1 is 0.233 bits per heavy atom. The minimum absolute atomic E-state index is 0.685. The van der Waals surface area contributed by atoms with E-state index in [1.165, 1.54) is 180 Å². The van der Waals surface area contributed by atoms with Crippen molar-refractivity contribution in [2.75, 3.05) is 26.4 Å². The molecule has 2 aromatic heterocycles. The molecule has 6 nitrogen and oxygen atoms in total. The van der Waals surface area contributed by atoms with Gasteiger partial charge in [-0.2, -0.15) is 0 Å². The standard InChI is InChI=1S/C84H104N2O4/c1-5-9-13-17-21-25-29-33-59-87-79-57-53-73(65-81(79)89-61-35-31-27-23-19-15-11-7-3)49-45-69-37-41-71(42-38-69)47-51-75-63-77-55-56-78-64-76(68-86-84(78)83(77)85-67-75)52-48-72-43-39-70(40-44-72)46-50-74-54-58-80(88-60-34-30-26-22-18-14-10-6-2)82(66-74)90-62-36-32-28-24-20-16-12-8-4/h37-44,53-58,63-68H,5-36,59-62H2,1-4H3. The maximum Gasteiger partial charge on any atom is 0.162 e. The Kier molecular flexibility index (Phi) is 33.5. The second-order valence-corrected chi connectivity index (χ2v) is 24.4. The van der Waals surface area contributed by atoms with Gasteiger partial charge in [0, 0.05) is 67.7 Å². The van der Waals surface area contributed by atoms with Gasteiger partial charge in [0.15, 0.2) is 23.0 Å². The van der Waals surface area contributed by atoms with Gasteiger partial charge in [-0.3, -0.25) is 9.97 Å². The number of aromatic nitrogens is 2. The number of nitrogens with zero attached hydrogens (tertiary/aromatic N) is 2. The van der Waals surface area contributed by atoms with Crippen LogP contribution in [0.25, 0.3) is 21.8 Å². The highest BCUT2D eigenvalue weighted by atomic mass is 16.5. The Labute approximate surface area is 543 Å². The molecule has 7 aromatic rings. The second-order valence-electron chi connectivity index (χ2n) is 24.4. The predicted molar refractivity (Wildman–Crippen MR) is 379 cm³/mol. The maximum atomic E-state index is 6.38. The molecule has 0 spiro atoms. The Balaban J connectivity index is 0.913. The summed E-state index contributed by atoms with van der Waals surface area (Å²) in [4.78, 5) is 9.69. The number of benzene rings is 5. The third-order valence-corrected chi connectivity index (χ3v) is 16.6. The Morgan fingerprint density at radius 3 is 0.756 bits per heavy atom. The van der Waals surface area contributed by atoms with Gasteiger partial charge in [0.1, 0.15) is 0 Å². The summed E-state index contributed by atoms with van der Waals surface area (Å²) in [5.41, 5.74) is 8.81. The molecule has 0 aliphatic heterocycles. The van der Waals surface area contributed by atoms with Crippen LogP contribution in [0.4, 0.5) is 0 Å². The van der Waals surface area contributed by atoms with Crippen LogP contribution in [0.2, 0.25) is 0 Å². The molecular weight excluding hydrogens is 1100 g/mol. The number of pyridine rings is 2. The van der Waals surface area contributed by atoms with Crippen molar-refractivity contribution in [3.63, 3.8) is 0 Å². The zero-order valence-corrected chi connectivity index (χ0v) is 55.5. The van der Waals surface area contributed by atoms with Crippen LogP contribution in [0.1, 0.15) is 278 Å². The van der Waals surface area contributed by atoms with E-state index in [9.17, 15) is 0 Å². The predicted octanol–water partition coefficient (Wildman–Crippen LogP) is 22.5. The summed E-state index contributed by atoms with van der Waals surface area (Å²) in [6, 6.07) is 36.7. The van der Waals surface area contributed by atoms with Crippen LogP contribution in [0.15, 0.2) is 122 Å². The Morgan fingerprint density at radius 2 is 0.467 bits per heavy atom. The first kappa shape index (κ1) is 69.8. The van der Waals surface area contributed by atoms with E-state index in [1.54, 1.807) is 0 Å². The van der Waals surface area contributed by atoms with E-state index >= 15 is 0 Å². The van der Waals surface area contributed by atoms with Crippen molar-refractivity contribution < 1.29 is 18.9 Å². The van der Waals surface area contributed by atoms with Gasteiger partial charge in [0.05, 0.1) is 37.5 Å².